The fraction of sp³-hybridized carbons (Fsp3) is 0.444. The van der Waals surface area contributed by atoms with Gasteiger partial charge in [-0.1, -0.05) is 0 Å². The molecule has 1 unspecified atom stereocenters. The lowest BCUT2D eigenvalue weighted by Gasteiger charge is -2.13. The Kier molecular flexibility index (Phi) is 4.87. The molecule has 1 aromatic heterocycles. The lowest BCUT2D eigenvalue weighted by atomic mass is 10.2. The smallest absolute Gasteiger partial charge is 0.306 e. The quantitative estimate of drug-likeness (QED) is 0.754. The first-order chi connectivity index (χ1) is 7.63. The van der Waals surface area contributed by atoms with Gasteiger partial charge in [0.25, 0.3) is 5.91 Å². The number of methoxy groups -OCH3 is 1. The monoisotopic (exact) mass is 244 g/mol. The van der Waals surface area contributed by atoms with Gasteiger partial charge in [0.1, 0.15) is 5.69 Å². The van der Waals surface area contributed by atoms with E-state index in [1.54, 1.807) is 10.9 Å². The number of aromatic nitrogens is 1. The van der Waals surface area contributed by atoms with Crippen LogP contribution in [0.2, 0.25) is 0 Å². The van der Waals surface area contributed by atoms with E-state index < -0.39 is 12.1 Å². The number of carbonyl (C=O) groups is 2. The summed E-state index contributed by atoms with van der Waals surface area (Å²) < 4.78 is 4.92. The average molecular weight is 244 g/mol. The van der Waals surface area contributed by atoms with Crippen LogP contribution in [0.15, 0.2) is 10.9 Å². The van der Waals surface area contributed by atoms with Crippen molar-refractivity contribution in [2.45, 2.75) is 12.5 Å². The first-order valence-corrected chi connectivity index (χ1v) is 5.48. The molecular weight excluding hydrogens is 232 g/mol. The normalized spacial score (nSPS) is 12.1. The molecule has 1 heterocycles. The second-order valence-electron chi connectivity index (χ2n) is 3.04. The molecule has 0 saturated heterocycles. The Morgan fingerprint density at radius 2 is 2.44 bits per heavy atom. The van der Waals surface area contributed by atoms with Crippen LogP contribution >= 0.6 is 11.3 Å². The van der Waals surface area contributed by atoms with E-state index in [0.717, 1.165) is 0 Å². The number of carboxylic acids is 1. The van der Waals surface area contributed by atoms with Crippen molar-refractivity contribution in [1.82, 2.24) is 10.3 Å². The van der Waals surface area contributed by atoms with Gasteiger partial charge in [0.2, 0.25) is 0 Å². The molecule has 1 atom stereocenters. The summed E-state index contributed by atoms with van der Waals surface area (Å²) >= 11 is 1.32. The molecule has 7 heteroatoms. The van der Waals surface area contributed by atoms with Crippen LogP contribution in [0.5, 0.6) is 0 Å². The van der Waals surface area contributed by atoms with Gasteiger partial charge in [0, 0.05) is 19.0 Å². The van der Waals surface area contributed by atoms with Gasteiger partial charge in [-0.3, -0.25) is 9.59 Å². The lowest BCUT2D eigenvalue weighted by Crippen LogP contribution is -2.34. The minimum absolute atomic E-state index is 0.145. The van der Waals surface area contributed by atoms with Crippen LogP contribution in [0.25, 0.3) is 0 Å². The van der Waals surface area contributed by atoms with Gasteiger partial charge in [0.05, 0.1) is 18.0 Å². The standard InChI is InChI=1S/C9H12N2O4S/c1-15-6(2-8(12)13)3-10-9(14)7-4-16-5-11-7/h4-6H,2-3H2,1H3,(H,10,14)(H,12,13). The van der Waals surface area contributed by atoms with Crippen LogP contribution in [0.4, 0.5) is 0 Å². The molecule has 0 radical (unpaired) electrons. The van der Waals surface area contributed by atoms with Crippen LogP contribution in [0.1, 0.15) is 16.9 Å². The number of carbonyl (C=O) groups excluding carboxylic acids is 1. The Bertz CT molecular complexity index is 352. The van der Waals surface area contributed by atoms with Crippen molar-refractivity contribution >= 4 is 23.2 Å². The molecule has 1 aromatic rings. The zero-order valence-electron chi connectivity index (χ0n) is 8.67. The van der Waals surface area contributed by atoms with Crippen LogP contribution in [-0.4, -0.2) is 41.7 Å². The molecule has 0 spiro atoms. The second kappa shape index (κ2) is 6.19. The fourth-order valence-corrected chi connectivity index (χ4v) is 1.59. The topological polar surface area (TPSA) is 88.5 Å². The SMILES string of the molecule is COC(CNC(=O)c1cscn1)CC(=O)O. The lowest BCUT2D eigenvalue weighted by molar-refractivity contribution is -0.139. The van der Waals surface area contributed by atoms with Crippen molar-refractivity contribution in [3.05, 3.63) is 16.6 Å². The van der Waals surface area contributed by atoms with Gasteiger partial charge in [-0.2, -0.15) is 0 Å². The Balaban J connectivity index is 2.38. The average Bonchev–Trinajstić information content (AvgIpc) is 2.76. The molecule has 1 amide bonds. The van der Waals surface area contributed by atoms with Crippen LogP contribution in [-0.2, 0) is 9.53 Å². The van der Waals surface area contributed by atoms with Crippen LogP contribution in [0.3, 0.4) is 0 Å². The summed E-state index contributed by atoms with van der Waals surface area (Å²) in [5.74, 6) is -1.29. The predicted octanol–water partition coefficient (Wildman–Crippen LogP) is 0.363. The fourth-order valence-electron chi connectivity index (χ4n) is 1.06. The molecule has 0 aromatic carbocycles. The van der Waals surface area contributed by atoms with Crippen molar-refractivity contribution < 1.29 is 19.4 Å². The van der Waals surface area contributed by atoms with Gasteiger partial charge in [-0.05, 0) is 0 Å². The van der Waals surface area contributed by atoms with Crippen molar-refractivity contribution in [3.63, 3.8) is 0 Å². The molecule has 0 aliphatic rings. The summed E-state index contributed by atoms with van der Waals surface area (Å²) in [6.07, 6.45) is -0.673. The number of thiazole rings is 1. The Morgan fingerprint density at radius 1 is 1.69 bits per heavy atom. The van der Waals surface area contributed by atoms with Crippen molar-refractivity contribution in [1.29, 1.82) is 0 Å². The highest BCUT2D eigenvalue weighted by Gasteiger charge is 2.14. The molecule has 0 saturated carbocycles. The van der Waals surface area contributed by atoms with E-state index in [2.05, 4.69) is 10.3 Å². The number of hydrogen-bond donors (Lipinski definition) is 2. The number of aliphatic carboxylic acids is 1. The number of nitrogens with one attached hydrogen (secondary N) is 1. The molecule has 6 nitrogen and oxygen atoms in total. The first kappa shape index (κ1) is 12.6. The van der Waals surface area contributed by atoms with Crippen molar-refractivity contribution in [2.75, 3.05) is 13.7 Å². The molecule has 16 heavy (non-hydrogen) atoms. The predicted molar refractivity (Wildman–Crippen MR) is 57.5 cm³/mol. The summed E-state index contributed by atoms with van der Waals surface area (Å²) in [7, 11) is 1.41. The Labute approximate surface area is 96.3 Å². The van der Waals surface area contributed by atoms with Crippen LogP contribution in [0, 0.1) is 0 Å². The molecule has 0 aliphatic heterocycles. The Morgan fingerprint density at radius 3 is 2.94 bits per heavy atom. The van der Waals surface area contributed by atoms with E-state index in [0.29, 0.717) is 5.69 Å². The van der Waals surface area contributed by atoms with Gasteiger partial charge < -0.3 is 15.2 Å². The largest absolute Gasteiger partial charge is 0.481 e. The summed E-state index contributed by atoms with van der Waals surface area (Å²) in [6, 6.07) is 0. The van der Waals surface area contributed by atoms with E-state index in [9.17, 15) is 9.59 Å². The molecule has 0 aliphatic carbocycles. The highest BCUT2D eigenvalue weighted by Crippen LogP contribution is 2.01. The van der Waals surface area contributed by atoms with Gasteiger partial charge >= 0.3 is 5.97 Å². The number of hydrogen-bond acceptors (Lipinski definition) is 5. The molecule has 88 valence electrons. The maximum atomic E-state index is 11.4. The molecule has 2 N–H and O–H groups in total. The van der Waals surface area contributed by atoms with Gasteiger partial charge in [0.15, 0.2) is 0 Å². The third-order valence-corrected chi connectivity index (χ3v) is 2.48. The number of rotatable bonds is 6. The van der Waals surface area contributed by atoms with Gasteiger partial charge in [-0.15, -0.1) is 11.3 Å². The number of amides is 1. The number of carboxylic acid groups (broad SMARTS) is 1. The molecular formula is C9H12N2O4S. The minimum atomic E-state index is -0.963. The first-order valence-electron chi connectivity index (χ1n) is 4.54. The zero-order chi connectivity index (χ0) is 12.0. The summed E-state index contributed by atoms with van der Waals surface area (Å²) in [4.78, 5) is 25.7. The maximum absolute atomic E-state index is 11.4. The minimum Gasteiger partial charge on any atom is -0.481 e. The zero-order valence-corrected chi connectivity index (χ0v) is 9.49. The summed E-state index contributed by atoms with van der Waals surface area (Å²) in [6.45, 7) is 0.152. The number of ether oxygens (including phenoxy) is 1. The summed E-state index contributed by atoms with van der Waals surface area (Å²) in [5, 5.41) is 12.7. The van der Waals surface area contributed by atoms with Crippen molar-refractivity contribution in [3.8, 4) is 0 Å². The van der Waals surface area contributed by atoms with E-state index in [-0.39, 0.29) is 18.9 Å². The highest BCUT2D eigenvalue weighted by atomic mass is 32.1. The van der Waals surface area contributed by atoms with E-state index in [1.165, 1.54) is 18.4 Å². The second-order valence-corrected chi connectivity index (χ2v) is 3.76. The van der Waals surface area contributed by atoms with E-state index in [1.807, 2.05) is 0 Å². The maximum Gasteiger partial charge on any atom is 0.306 e. The van der Waals surface area contributed by atoms with Gasteiger partial charge in [-0.25, -0.2) is 4.98 Å². The van der Waals surface area contributed by atoms with E-state index in [4.69, 9.17) is 9.84 Å². The third kappa shape index (κ3) is 3.95. The number of nitrogens with zero attached hydrogens (tertiary/aromatic N) is 1. The molecule has 0 fully saturated rings. The van der Waals surface area contributed by atoms with Crippen molar-refractivity contribution in [2.24, 2.45) is 0 Å². The van der Waals surface area contributed by atoms with Crippen LogP contribution < -0.4 is 5.32 Å². The Hall–Kier alpha value is -1.47. The van der Waals surface area contributed by atoms with E-state index >= 15 is 0 Å². The molecule has 0 bridgehead atoms. The third-order valence-electron chi connectivity index (χ3n) is 1.89. The highest BCUT2D eigenvalue weighted by molar-refractivity contribution is 7.07. The summed E-state index contributed by atoms with van der Waals surface area (Å²) in [5.41, 5.74) is 1.88. The molecule has 1 rings (SSSR count).